The summed E-state index contributed by atoms with van der Waals surface area (Å²) in [5, 5.41) is 5.05. The highest BCUT2D eigenvalue weighted by Crippen LogP contribution is 2.02. The van der Waals surface area contributed by atoms with Crippen LogP contribution in [0.3, 0.4) is 0 Å². The Hall–Kier alpha value is -0.870. The molecule has 1 atom stereocenters. The third-order valence-electron chi connectivity index (χ3n) is 1.37. The molecule has 9 heavy (non-hydrogen) atoms. The monoisotopic (exact) mass is 124 g/mol. The van der Waals surface area contributed by atoms with Crippen LogP contribution in [-0.2, 0) is 0 Å². The molecule has 1 unspecified atom stereocenters. The van der Waals surface area contributed by atoms with Gasteiger partial charge in [0.25, 0.3) is 0 Å². The lowest BCUT2D eigenvalue weighted by atomic mass is 10.5. The second-order valence-electron chi connectivity index (χ2n) is 1.96. The molecule has 0 radical (unpaired) electrons. The molecule has 1 saturated heterocycles. The van der Waals surface area contributed by atoms with Crippen LogP contribution in [0.5, 0.6) is 0 Å². The van der Waals surface area contributed by atoms with E-state index in [2.05, 4.69) is 15.7 Å². The average Bonchev–Trinajstić information content (AvgIpc) is 2.33. The van der Waals surface area contributed by atoms with Gasteiger partial charge in [-0.2, -0.15) is 0 Å². The molecule has 0 saturated carbocycles. The molecule has 2 rings (SSSR count). The molecule has 0 bridgehead atoms. The molecule has 1 fully saturated rings. The summed E-state index contributed by atoms with van der Waals surface area (Å²) in [6.07, 6.45) is 5.77. The molecule has 2 aliphatic rings. The SMILES string of the molecule is C1=CN2NCNC2N=C1. The lowest BCUT2D eigenvalue weighted by Crippen LogP contribution is -2.35. The van der Waals surface area contributed by atoms with Gasteiger partial charge >= 0.3 is 0 Å². The second-order valence-corrected chi connectivity index (χ2v) is 1.96. The Morgan fingerprint density at radius 1 is 1.67 bits per heavy atom. The third-order valence-corrected chi connectivity index (χ3v) is 1.37. The van der Waals surface area contributed by atoms with Gasteiger partial charge in [-0.05, 0) is 6.08 Å². The van der Waals surface area contributed by atoms with Gasteiger partial charge in [0, 0.05) is 12.4 Å². The number of allylic oxidation sites excluding steroid dienone is 1. The van der Waals surface area contributed by atoms with Crippen molar-refractivity contribution < 1.29 is 0 Å². The van der Waals surface area contributed by atoms with Gasteiger partial charge in [0.1, 0.15) is 0 Å². The molecular formula is C5H8N4. The maximum absolute atomic E-state index is 4.13. The van der Waals surface area contributed by atoms with Crippen molar-refractivity contribution in [2.75, 3.05) is 6.67 Å². The van der Waals surface area contributed by atoms with E-state index in [-0.39, 0.29) is 6.29 Å². The zero-order valence-electron chi connectivity index (χ0n) is 4.91. The molecule has 0 aromatic carbocycles. The highest BCUT2D eigenvalue weighted by atomic mass is 15.7. The van der Waals surface area contributed by atoms with Crippen molar-refractivity contribution in [3.63, 3.8) is 0 Å². The van der Waals surface area contributed by atoms with Crippen LogP contribution in [0.4, 0.5) is 0 Å². The number of hydrazine groups is 1. The second kappa shape index (κ2) is 1.82. The smallest absolute Gasteiger partial charge is 0.190 e. The van der Waals surface area contributed by atoms with Gasteiger partial charge in [-0.3, -0.25) is 15.3 Å². The summed E-state index contributed by atoms with van der Waals surface area (Å²) < 4.78 is 0. The molecule has 4 nitrogen and oxygen atoms in total. The molecule has 4 heteroatoms. The fourth-order valence-electron chi connectivity index (χ4n) is 0.934. The van der Waals surface area contributed by atoms with E-state index in [0.29, 0.717) is 0 Å². The van der Waals surface area contributed by atoms with Crippen molar-refractivity contribution in [3.05, 3.63) is 12.3 Å². The molecule has 2 N–H and O–H groups in total. The highest BCUT2D eigenvalue weighted by molar-refractivity contribution is 5.71. The predicted octanol–water partition coefficient (Wildman–Crippen LogP) is -0.765. The first-order valence-electron chi connectivity index (χ1n) is 2.92. The summed E-state index contributed by atoms with van der Waals surface area (Å²) in [5.74, 6) is 0. The highest BCUT2D eigenvalue weighted by Gasteiger charge is 2.19. The van der Waals surface area contributed by atoms with E-state index in [9.17, 15) is 0 Å². The number of hydrogen-bond donors (Lipinski definition) is 2. The van der Waals surface area contributed by atoms with Crippen LogP contribution in [0.15, 0.2) is 17.3 Å². The summed E-state index contributed by atoms with van der Waals surface area (Å²) in [4.78, 5) is 4.13. The molecule has 0 aliphatic carbocycles. The van der Waals surface area contributed by atoms with E-state index in [1.807, 2.05) is 17.3 Å². The van der Waals surface area contributed by atoms with Crippen LogP contribution in [0.2, 0.25) is 0 Å². The van der Waals surface area contributed by atoms with Crippen LogP contribution in [-0.4, -0.2) is 24.2 Å². The Morgan fingerprint density at radius 2 is 2.67 bits per heavy atom. The van der Waals surface area contributed by atoms with Gasteiger partial charge in [-0.25, -0.2) is 5.43 Å². The first-order chi connectivity index (χ1) is 4.47. The third kappa shape index (κ3) is 0.721. The Labute approximate surface area is 53.2 Å². The van der Waals surface area contributed by atoms with Gasteiger partial charge in [0.05, 0.1) is 6.67 Å². The topological polar surface area (TPSA) is 39.7 Å². The van der Waals surface area contributed by atoms with Gasteiger partial charge < -0.3 is 0 Å². The number of nitrogens with one attached hydrogen (secondary N) is 2. The zero-order chi connectivity index (χ0) is 6.10. The van der Waals surface area contributed by atoms with Crippen LogP contribution >= 0.6 is 0 Å². The standard InChI is InChI=1S/C5H8N4/c1-2-6-5-7-4-8-9(5)3-1/h1-3,5,7-8H,4H2. The summed E-state index contributed by atoms with van der Waals surface area (Å²) in [6.45, 7) is 0.798. The van der Waals surface area contributed by atoms with Crippen molar-refractivity contribution in [1.29, 1.82) is 0 Å². The number of fused-ring (bicyclic) bond motifs is 1. The molecule has 0 spiro atoms. The quantitative estimate of drug-likeness (QED) is 0.445. The normalized spacial score (nSPS) is 31.1. The number of nitrogens with zero attached hydrogens (tertiary/aromatic N) is 2. The average molecular weight is 124 g/mol. The van der Waals surface area contributed by atoms with Crippen LogP contribution < -0.4 is 10.7 Å². The van der Waals surface area contributed by atoms with Crippen molar-refractivity contribution >= 4 is 6.21 Å². The minimum atomic E-state index is 0.120. The van der Waals surface area contributed by atoms with Crippen molar-refractivity contribution in [3.8, 4) is 0 Å². The zero-order valence-corrected chi connectivity index (χ0v) is 4.91. The molecule has 0 aromatic heterocycles. The Bertz CT molecular complexity index is 144. The number of hydrogen-bond acceptors (Lipinski definition) is 4. The van der Waals surface area contributed by atoms with Crippen molar-refractivity contribution in [1.82, 2.24) is 15.8 Å². The molecule has 0 amide bonds. The Kier molecular flexibility index (Phi) is 1.00. The fraction of sp³-hybridized carbons (Fsp3) is 0.400. The van der Waals surface area contributed by atoms with E-state index < -0.39 is 0 Å². The molecule has 0 aromatic rings. The van der Waals surface area contributed by atoms with Crippen LogP contribution in [0.1, 0.15) is 0 Å². The first-order valence-corrected chi connectivity index (χ1v) is 2.92. The van der Waals surface area contributed by atoms with E-state index in [0.717, 1.165) is 6.67 Å². The summed E-state index contributed by atoms with van der Waals surface area (Å²) >= 11 is 0. The molecule has 48 valence electrons. The van der Waals surface area contributed by atoms with E-state index in [1.165, 1.54) is 0 Å². The number of rotatable bonds is 0. The van der Waals surface area contributed by atoms with Gasteiger partial charge in [-0.1, -0.05) is 0 Å². The predicted molar refractivity (Wildman–Crippen MR) is 34.4 cm³/mol. The van der Waals surface area contributed by atoms with Gasteiger partial charge in [0.2, 0.25) is 0 Å². The van der Waals surface area contributed by atoms with Gasteiger partial charge in [0.15, 0.2) is 6.29 Å². The van der Waals surface area contributed by atoms with E-state index in [4.69, 9.17) is 0 Å². The Balaban J connectivity index is 2.18. The summed E-state index contributed by atoms with van der Waals surface area (Å²) in [5.41, 5.74) is 3.08. The maximum atomic E-state index is 4.13. The summed E-state index contributed by atoms with van der Waals surface area (Å²) in [7, 11) is 0. The van der Waals surface area contributed by atoms with Crippen LogP contribution in [0, 0.1) is 0 Å². The molecule has 2 aliphatic heterocycles. The number of aliphatic imine (C=N–C) groups is 1. The largest absolute Gasteiger partial charge is 0.277 e. The van der Waals surface area contributed by atoms with Crippen molar-refractivity contribution in [2.24, 2.45) is 4.99 Å². The van der Waals surface area contributed by atoms with Crippen molar-refractivity contribution in [2.45, 2.75) is 6.29 Å². The minimum Gasteiger partial charge on any atom is -0.277 e. The molecule has 2 heterocycles. The summed E-state index contributed by atoms with van der Waals surface area (Å²) in [6, 6.07) is 0. The van der Waals surface area contributed by atoms with E-state index >= 15 is 0 Å². The lowest BCUT2D eigenvalue weighted by Gasteiger charge is -2.19. The fourth-order valence-corrected chi connectivity index (χ4v) is 0.934. The lowest BCUT2D eigenvalue weighted by molar-refractivity contribution is 0.270. The Morgan fingerprint density at radius 3 is 3.56 bits per heavy atom. The molecular weight excluding hydrogens is 116 g/mol. The van der Waals surface area contributed by atoms with Crippen LogP contribution in [0.25, 0.3) is 0 Å². The minimum absolute atomic E-state index is 0.120. The maximum Gasteiger partial charge on any atom is 0.190 e. The van der Waals surface area contributed by atoms with E-state index in [1.54, 1.807) is 6.21 Å². The first kappa shape index (κ1) is 4.96. The van der Waals surface area contributed by atoms with Gasteiger partial charge in [-0.15, -0.1) is 0 Å².